The van der Waals surface area contributed by atoms with Crippen molar-refractivity contribution in [2.45, 2.75) is 32.1 Å². The lowest BCUT2D eigenvalue weighted by atomic mass is 9.80. The molecule has 1 atom stereocenters. The molecule has 1 aliphatic rings. The first-order valence-electron chi connectivity index (χ1n) is 11.0. The standard InChI is InChI=1S/C25H30ClN3O2.ClH/c1-27(14-12-17-7-4-5-9-21(17)26)13-6-8-18-10-11-19-15-22-23(16-20(19)24(18)30)29(3)25(31)28(22)2;/h4-5,7,9,15-16,18H,6,8,10-14H2,1-3H3;1H. The largest absolute Gasteiger partial charge is 0.328 e. The number of nitrogens with zero attached hydrogens (tertiary/aromatic N) is 3. The van der Waals surface area contributed by atoms with E-state index in [2.05, 4.69) is 18.0 Å². The van der Waals surface area contributed by atoms with E-state index >= 15 is 0 Å². The Labute approximate surface area is 200 Å². The molecule has 1 unspecified atom stereocenters. The van der Waals surface area contributed by atoms with Gasteiger partial charge in [-0.1, -0.05) is 29.8 Å². The summed E-state index contributed by atoms with van der Waals surface area (Å²) in [4.78, 5) is 27.7. The zero-order valence-electron chi connectivity index (χ0n) is 18.9. The third-order valence-corrected chi connectivity index (χ3v) is 7.08. The number of carbonyl (C=O) groups is 1. The van der Waals surface area contributed by atoms with Gasteiger partial charge in [-0.25, -0.2) is 4.79 Å². The molecule has 172 valence electrons. The maximum atomic E-state index is 13.2. The second-order valence-corrected chi connectivity index (χ2v) is 9.19. The first kappa shape index (κ1) is 24.6. The topological polar surface area (TPSA) is 47.2 Å². The zero-order valence-corrected chi connectivity index (χ0v) is 20.5. The van der Waals surface area contributed by atoms with Crippen LogP contribution < -0.4 is 5.69 Å². The summed E-state index contributed by atoms with van der Waals surface area (Å²) in [6.45, 7) is 1.92. The number of hydrogen-bond acceptors (Lipinski definition) is 3. The van der Waals surface area contributed by atoms with Gasteiger partial charge in [-0.3, -0.25) is 13.9 Å². The summed E-state index contributed by atoms with van der Waals surface area (Å²) in [6, 6.07) is 11.9. The summed E-state index contributed by atoms with van der Waals surface area (Å²) in [6.07, 6.45) is 4.61. The predicted molar refractivity (Wildman–Crippen MR) is 133 cm³/mol. The minimum atomic E-state index is -0.0545. The molecular formula is C25H31Cl2N3O2. The van der Waals surface area contributed by atoms with Crippen LogP contribution >= 0.6 is 24.0 Å². The van der Waals surface area contributed by atoms with Crippen LogP contribution in [-0.2, 0) is 26.9 Å². The number of likely N-dealkylation sites (N-methyl/N-ethyl adjacent to an activating group) is 1. The van der Waals surface area contributed by atoms with Gasteiger partial charge in [0, 0.05) is 37.1 Å². The second-order valence-electron chi connectivity index (χ2n) is 8.79. The number of imidazole rings is 1. The molecule has 7 heteroatoms. The van der Waals surface area contributed by atoms with Crippen LogP contribution in [0.25, 0.3) is 11.0 Å². The van der Waals surface area contributed by atoms with Crippen LogP contribution in [-0.4, -0.2) is 40.0 Å². The third-order valence-electron chi connectivity index (χ3n) is 6.71. The van der Waals surface area contributed by atoms with Crippen molar-refractivity contribution in [1.29, 1.82) is 0 Å². The number of aromatic nitrogens is 2. The van der Waals surface area contributed by atoms with Crippen molar-refractivity contribution < 1.29 is 4.79 Å². The Hall–Kier alpha value is -2.08. The van der Waals surface area contributed by atoms with Crippen molar-refractivity contribution >= 4 is 40.8 Å². The van der Waals surface area contributed by atoms with Crippen molar-refractivity contribution in [1.82, 2.24) is 14.0 Å². The van der Waals surface area contributed by atoms with Crippen LogP contribution in [0.15, 0.2) is 41.2 Å². The molecule has 2 aromatic carbocycles. The van der Waals surface area contributed by atoms with Crippen LogP contribution in [0.2, 0.25) is 5.02 Å². The Balaban J connectivity index is 0.00000289. The highest BCUT2D eigenvalue weighted by molar-refractivity contribution is 6.31. The van der Waals surface area contributed by atoms with E-state index in [1.807, 2.05) is 30.3 Å². The lowest BCUT2D eigenvalue weighted by Crippen LogP contribution is -2.26. The van der Waals surface area contributed by atoms with Crippen LogP contribution in [0.4, 0.5) is 0 Å². The molecule has 4 rings (SSSR count). The molecule has 1 heterocycles. The van der Waals surface area contributed by atoms with Crippen LogP contribution in [0.3, 0.4) is 0 Å². The first-order valence-corrected chi connectivity index (χ1v) is 11.4. The number of fused-ring (bicyclic) bond motifs is 2. The van der Waals surface area contributed by atoms with Gasteiger partial charge in [0.25, 0.3) is 0 Å². The van der Waals surface area contributed by atoms with Gasteiger partial charge in [0.15, 0.2) is 5.78 Å². The van der Waals surface area contributed by atoms with E-state index in [0.29, 0.717) is 0 Å². The Morgan fingerprint density at radius 2 is 1.75 bits per heavy atom. The average Bonchev–Trinajstić information content (AvgIpc) is 2.97. The quantitative estimate of drug-likeness (QED) is 0.499. The number of benzene rings is 2. The van der Waals surface area contributed by atoms with Gasteiger partial charge in [-0.2, -0.15) is 0 Å². The molecule has 5 nitrogen and oxygen atoms in total. The van der Waals surface area contributed by atoms with E-state index in [4.69, 9.17) is 11.6 Å². The van der Waals surface area contributed by atoms with E-state index in [0.717, 1.165) is 72.4 Å². The van der Waals surface area contributed by atoms with Crippen LogP contribution in [0, 0.1) is 5.92 Å². The maximum Gasteiger partial charge on any atom is 0.328 e. The van der Waals surface area contributed by atoms with Crippen molar-refractivity contribution in [3.63, 3.8) is 0 Å². The molecule has 0 radical (unpaired) electrons. The number of carbonyl (C=O) groups excluding carboxylic acids is 1. The molecule has 0 saturated heterocycles. The highest BCUT2D eigenvalue weighted by Crippen LogP contribution is 2.31. The molecule has 32 heavy (non-hydrogen) atoms. The fraction of sp³-hybridized carbons (Fsp3) is 0.440. The van der Waals surface area contributed by atoms with Gasteiger partial charge < -0.3 is 4.90 Å². The number of aryl methyl sites for hydroxylation is 3. The van der Waals surface area contributed by atoms with Crippen molar-refractivity contribution in [3.05, 3.63) is 68.6 Å². The Bertz CT molecular complexity index is 1180. The van der Waals surface area contributed by atoms with E-state index in [1.165, 1.54) is 5.56 Å². The monoisotopic (exact) mass is 475 g/mol. The molecule has 0 bridgehead atoms. The third kappa shape index (κ3) is 4.80. The number of rotatable bonds is 7. The van der Waals surface area contributed by atoms with Gasteiger partial charge in [0.1, 0.15) is 0 Å². The average molecular weight is 476 g/mol. The first-order chi connectivity index (χ1) is 14.9. The molecule has 1 aromatic heterocycles. The van der Waals surface area contributed by atoms with E-state index in [1.54, 1.807) is 23.2 Å². The SMILES string of the molecule is CN(CCCC1CCc2cc3c(cc2C1=O)n(C)c(=O)n3C)CCc1ccccc1Cl.Cl. The number of ketones is 1. The highest BCUT2D eigenvalue weighted by atomic mass is 35.5. The molecule has 0 amide bonds. The minimum absolute atomic E-state index is 0. The Morgan fingerprint density at radius 1 is 1.06 bits per heavy atom. The lowest BCUT2D eigenvalue weighted by molar-refractivity contribution is 0.0891. The summed E-state index contributed by atoms with van der Waals surface area (Å²) in [7, 11) is 5.68. The van der Waals surface area contributed by atoms with Crippen molar-refractivity contribution in [2.75, 3.05) is 20.1 Å². The molecule has 1 aliphatic carbocycles. The van der Waals surface area contributed by atoms with Gasteiger partial charge in [-0.15, -0.1) is 12.4 Å². The normalized spacial score (nSPS) is 15.8. The molecule has 0 saturated carbocycles. The number of halogens is 2. The number of hydrogen-bond donors (Lipinski definition) is 0. The minimum Gasteiger partial charge on any atom is -0.306 e. The summed E-state index contributed by atoms with van der Waals surface area (Å²) in [5.41, 5.74) is 4.74. The summed E-state index contributed by atoms with van der Waals surface area (Å²) in [5.74, 6) is 0.306. The molecule has 0 aliphatic heterocycles. The van der Waals surface area contributed by atoms with Gasteiger partial charge in [-0.05, 0) is 75.0 Å². The van der Waals surface area contributed by atoms with Gasteiger partial charge in [0.05, 0.1) is 11.0 Å². The zero-order chi connectivity index (χ0) is 22.1. The fourth-order valence-corrected chi connectivity index (χ4v) is 4.94. The highest BCUT2D eigenvalue weighted by Gasteiger charge is 2.28. The van der Waals surface area contributed by atoms with Crippen LogP contribution in [0.5, 0.6) is 0 Å². The van der Waals surface area contributed by atoms with E-state index in [-0.39, 0.29) is 29.8 Å². The Morgan fingerprint density at radius 3 is 2.47 bits per heavy atom. The summed E-state index contributed by atoms with van der Waals surface area (Å²) < 4.78 is 3.28. The van der Waals surface area contributed by atoms with Crippen molar-refractivity contribution in [2.24, 2.45) is 20.0 Å². The number of Topliss-reactive ketones (excluding diaryl/α,β-unsaturated/α-hetero) is 1. The van der Waals surface area contributed by atoms with Gasteiger partial charge in [0.2, 0.25) is 0 Å². The Kier molecular flexibility index (Phi) is 7.86. The van der Waals surface area contributed by atoms with E-state index < -0.39 is 0 Å². The summed E-state index contributed by atoms with van der Waals surface area (Å²) >= 11 is 6.25. The molecule has 0 fully saturated rings. The maximum absolute atomic E-state index is 13.2. The fourth-order valence-electron chi connectivity index (χ4n) is 4.71. The molecule has 0 N–H and O–H groups in total. The van der Waals surface area contributed by atoms with E-state index in [9.17, 15) is 9.59 Å². The summed E-state index contributed by atoms with van der Waals surface area (Å²) in [5, 5.41) is 0.826. The predicted octanol–water partition coefficient (Wildman–Crippen LogP) is 4.65. The lowest BCUT2D eigenvalue weighted by Gasteiger charge is -2.24. The van der Waals surface area contributed by atoms with Crippen molar-refractivity contribution in [3.8, 4) is 0 Å². The van der Waals surface area contributed by atoms with Crippen LogP contribution in [0.1, 0.15) is 40.7 Å². The molecule has 3 aromatic rings. The smallest absolute Gasteiger partial charge is 0.306 e. The van der Waals surface area contributed by atoms with Gasteiger partial charge >= 0.3 is 5.69 Å². The molecule has 0 spiro atoms. The second kappa shape index (κ2) is 10.2. The molecular weight excluding hydrogens is 445 g/mol.